The smallest absolute Gasteiger partial charge is 0.0992 e. The molecule has 2 nitrogen and oxygen atoms in total. The van der Waals surface area contributed by atoms with Gasteiger partial charge in [0.25, 0.3) is 0 Å². The first-order valence-electron chi connectivity index (χ1n) is 4.13. The van der Waals surface area contributed by atoms with Crippen LogP contribution >= 0.6 is 11.6 Å². The number of benzene rings is 1. The lowest BCUT2D eigenvalue weighted by Crippen LogP contribution is -2.08. The van der Waals surface area contributed by atoms with Gasteiger partial charge in [-0.25, -0.2) is 0 Å². The molecule has 0 saturated heterocycles. The van der Waals surface area contributed by atoms with E-state index in [1.165, 1.54) is 0 Å². The van der Waals surface area contributed by atoms with E-state index >= 15 is 0 Å². The molecule has 0 fully saturated rings. The Labute approximate surface area is 82.9 Å². The lowest BCUT2D eigenvalue weighted by atomic mass is 10.0. The van der Waals surface area contributed by atoms with Crippen LogP contribution in [0.3, 0.4) is 0 Å². The largest absolute Gasteiger partial charge is 0.324 e. The lowest BCUT2D eigenvalue weighted by Gasteiger charge is -2.09. The van der Waals surface area contributed by atoms with Crippen molar-refractivity contribution < 1.29 is 0 Å². The second-order valence-corrected chi connectivity index (χ2v) is 3.34. The third-order valence-corrected chi connectivity index (χ3v) is 2.14. The molecule has 0 amide bonds. The van der Waals surface area contributed by atoms with E-state index in [1.54, 1.807) is 18.2 Å². The summed E-state index contributed by atoms with van der Waals surface area (Å²) in [4.78, 5) is 0. The molecule has 0 aliphatic carbocycles. The second kappa shape index (κ2) is 4.27. The second-order valence-electron chi connectivity index (χ2n) is 2.90. The summed E-state index contributed by atoms with van der Waals surface area (Å²) in [6.45, 7) is 2.00. The quantitative estimate of drug-likeness (QED) is 0.787. The number of rotatable bonds is 2. The van der Waals surface area contributed by atoms with Crippen molar-refractivity contribution in [2.75, 3.05) is 0 Å². The van der Waals surface area contributed by atoms with Crippen LogP contribution in [0.5, 0.6) is 0 Å². The van der Waals surface area contributed by atoms with E-state index in [0.29, 0.717) is 10.6 Å². The van der Waals surface area contributed by atoms with Crippen molar-refractivity contribution in [3.8, 4) is 6.07 Å². The molecule has 13 heavy (non-hydrogen) atoms. The van der Waals surface area contributed by atoms with E-state index in [9.17, 15) is 0 Å². The van der Waals surface area contributed by atoms with Crippen molar-refractivity contribution in [1.82, 2.24) is 0 Å². The van der Waals surface area contributed by atoms with Crippen LogP contribution in [-0.2, 0) is 0 Å². The topological polar surface area (TPSA) is 49.8 Å². The van der Waals surface area contributed by atoms with Crippen LogP contribution in [0, 0.1) is 11.3 Å². The Kier molecular flexibility index (Phi) is 3.30. The van der Waals surface area contributed by atoms with Gasteiger partial charge < -0.3 is 5.73 Å². The summed E-state index contributed by atoms with van der Waals surface area (Å²) in [5.74, 6) is 0. The summed E-state index contributed by atoms with van der Waals surface area (Å²) >= 11 is 5.82. The van der Waals surface area contributed by atoms with E-state index in [-0.39, 0.29) is 6.04 Å². The highest BCUT2D eigenvalue weighted by molar-refractivity contribution is 6.30. The monoisotopic (exact) mass is 194 g/mol. The number of nitrogens with zero attached hydrogens (tertiary/aromatic N) is 1. The first kappa shape index (κ1) is 10.0. The standard InChI is InChI=1S/C10H11ClN2/c1-2-10(13)8-3-7(6-12)4-9(11)5-8/h3-5,10H,2,13H2,1H3/t10-/m1/s1. The van der Waals surface area contributed by atoms with Crippen LogP contribution < -0.4 is 5.73 Å². The van der Waals surface area contributed by atoms with Crippen molar-refractivity contribution in [2.24, 2.45) is 5.73 Å². The van der Waals surface area contributed by atoms with Crippen LogP contribution in [0.1, 0.15) is 30.5 Å². The highest BCUT2D eigenvalue weighted by Crippen LogP contribution is 2.20. The Bertz CT molecular complexity index is 341. The van der Waals surface area contributed by atoms with Gasteiger partial charge in [0.2, 0.25) is 0 Å². The Morgan fingerprint density at radius 2 is 2.23 bits per heavy atom. The average Bonchev–Trinajstić information content (AvgIpc) is 2.15. The highest BCUT2D eigenvalue weighted by Gasteiger charge is 2.05. The third kappa shape index (κ3) is 2.45. The molecule has 1 aromatic rings. The molecule has 0 bridgehead atoms. The van der Waals surface area contributed by atoms with Crippen LogP contribution in [0.15, 0.2) is 18.2 Å². The summed E-state index contributed by atoms with van der Waals surface area (Å²) in [5.41, 5.74) is 7.30. The minimum Gasteiger partial charge on any atom is -0.324 e. The van der Waals surface area contributed by atoms with Gasteiger partial charge >= 0.3 is 0 Å². The summed E-state index contributed by atoms with van der Waals surface area (Å²) < 4.78 is 0. The fourth-order valence-corrected chi connectivity index (χ4v) is 1.37. The van der Waals surface area contributed by atoms with Gasteiger partial charge in [-0.2, -0.15) is 5.26 Å². The molecular weight excluding hydrogens is 184 g/mol. The predicted octanol–water partition coefficient (Wildman–Crippen LogP) is 2.62. The van der Waals surface area contributed by atoms with Crippen molar-refractivity contribution in [3.63, 3.8) is 0 Å². The molecule has 0 unspecified atom stereocenters. The zero-order valence-corrected chi connectivity index (χ0v) is 8.17. The van der Waals surface area contributed by atoms with Crippen molar-refractivity contribution in [3.05, 3.63) is 34.3 Å². The SMILES string of the molecule is CC[C@@H](N)c1cc(Cl)cc(C#N)c1. The normalized spacial score (nSPS) is 12.2. The number of nitrogens with two attached hydrogens (primary N) is 1. The molecule has 2 N–H and O–H groups in total. The molecular formula is C10H11ClN2. The van der Waals surface area contributed by atoms with Gasteiger partial charge in [0, 0.05) is 11.1 Å². The van der Waals surface area contributed by atoms with E-state index in [1.807, 2.05) is 13.0 Å². The molecule has 0 saturated carbocycles. The molecule has 1 aromatic carbocycles. The fraction of sp³-hybridized carbons (Fsp3) is 0.300. The molecule has 0 spiro atoms. The number of halogens is 1. The molecule has 3 heteroatoms. The Hall–Kier alpha value is -1.04. The zero-order valence-electron chi connectivity index (χ0n) is 7.42. The predicted molar refractivity (Wildman–Crippen MR) is 53.4 cm³/mol. The summed E-state index contributed by atoms with van der Waals surface area (Å²) in [6, 6.07) is 7.22. The van der Waals surface area contributed by atoms with Crippen LogP contribution in [0.4, 0.5) is 0 Å². The van der Waals surface area contributed by atoms with Crippen molar-refractivity contribution >= 4 is 11.6 Å². The molecule has 1 atom stereocenters. The molecule has 0 heterocycles. The molecule has 1 rings (SSSR count). The maximum atomic E-state index is 8.69. The van der Waals surface area contributed by atoms with E-state index in [4.69, 9.17) is 22.6 Å². The Balaban J connectivity index is 3.10. The minimum atomic E-state index is -0.0363. The van der Waals surface area contributed by atoms with Gasteiger partial charge in [-0.3, -0.25) is 0 Å². The maximum Gasteiger partial charge on any atom is 0.0992 e. The fourth-order valence-electron chi connectivity index (χ4n) is 1.13. The van der Waals surface area contributed by atoms with Crippen LogP contribution in [0.25, 0.3) is 0 Å². The van der Waals surface area contributed by atoms with Crippen LogP contribution in [-0.4, -0.2) is 0 Å². The summed E-state index contributed by atoms with van der Waals surface area (Å²) in [5, 5.41) is 9.26. The molecule has 0 aliphatic rings. The molecule has 0 radical (unpaired) electrons. The Morgan fingerprint density at radius 3 is 2.77 bits per heavy atom. The molecule has 68 valence electrons. The van der Waals surface area contributed by atoms with Gasteiger partial charge in [0.1, 0.15) is 0 Å². The van der Waals surface area contributed by atoms with Gasteiger partial charge in [0.05, 0.1) is 11.6 Å². The van der Waals surface area contributed by atoms with Crippen molar-refractivity contribution in [1.29, 1.82) is 5.26 Å². The van der Waals surface area contributed by atoms with Crippen molar-refractivity contribution in [2.45, 2.75) is 19.4 Å². The van der Waals surface area contributed by atoms with Gasteiger partial charge in [-0.05, 0) is 30.2 Å². The minimum absolute atomic E-state index is 0.0363. The Morgan fingerprint density at radius 1 is 1.54 bits per heavy atom. The highest BCUT2D eigenvalue weighted by atomic mass is 35.5. The van der Waals surface area contributed by atoms with E-state index < -0.39 is 0 Å². The van der Waals surface area contributed by atoms with E-state index in [2.05, 4.69) is 0 Å². The molecule has 0 aliphatic heterocycles. The number of hydrogen-bond donors (Lipinski definition) is 1. The average molecular weight is 195 g/mol. The zero-order chi connectivity index (χ0) is 9.84. The number of nitriles is 1. The summed E-state index contributed by atoms with van der Waals surface area (Å²) in [7, 11) is 0. The van der Waals surface area contributed by atoms with Gasteiger partial charge in [0.15, 0.2) is 0 Å². The van der Waals surface area contributed by atoms with Crippen LogP contribution in [0.2, 0.25) is 5.02 Å². The van der Waals surface area contributed by atoms with Gasteiger partial charge in [-0.1, -0.05) is 18.5 Å². The maximum absolute atomic E-state index is 8.69. The third-order valence-electron chi connectivity index (χ3n) is 1.92. The first-order chi connectivity index (χ1) is 6.17. The first-order valence-corrected chi connectivity index (χ1v) is 4.51. The van der Waals surface area contributed by atoms with Gasteiger partial charge in [-0.15, -0.1) is 0 Å². The lowest BCUT2D eigenvalue weighted by molar-refractivity contribution is 0.698. The van der Waals surface area contributed by atoms with E-state index in [0.717, 1.165) is 12.0 Å². The summed E-state index contributed by atoms with van der Waals surface area (Å²) in [6.07, 6.45) is 0.839. The number of hydrogen-bond acceptors (Lipinski definition) is 2. The molecule has 0 aromatic heterocycles.